The fraction of sp³-hybridized carbons (Fsp3) is 0.143. The van der Waals surface area contributed by atoms with Crippen LogP contribution in [0.3, 0.4) is 0 Å². The van der Waals surface area contributed by atoms with E-state index in [-0.39, 0.29) is 28.6 Å². The molecule has 0 saturated heterocycles. The second-order valence-electron chi connectivity index (χ2n) is 3.72. The zero-order valence-corrected chi connectivity index (χ0v) is 11.6. The summed E-state index contributed by atoms with van der Waals surface area (Å²) in [4.78, 5) is 11.7. The first kappa shape index (κ1) is 15.6. The minimum absolute atomic E-state index is 0.0689. The second kappa shape index (κ2) is 7.22. The van der Waals surface area contributed by atoms with E-state index in [2.05, 4.69) is 11.9 Å². The molecule has 6 heteroatoms. The van der Waals surface area contributed by atoms with Crippen LogP contribution in [0.25, 0.3) is 6.08 Å². The van der Waals surface area contributed by atoms with Gasteiger partial charge < -0.3 is 15.2 Å². The number of rotatable bonds is 5. The number of carbonyl (C=O) groups is 1. The molecule has 1 amide bonds. The molecular formula is C14H13ClN2O3. The van der Waals surface area contributed by atoms with Crippen LogP contribution in [0.5, 0.6) is 11.5 Å². The van der Waals surface area contributed by atoms with Crippen molar-refractivity contribution in [3.63, 3.8) is 0 Å². The highest BCUT2D eigenvalue weighted by atomic mass is 35.5. The molecule has 0 aliphatic carbocycles. The van der Waals surface area contributed by atoms with Gasteiger partial charge in [-0.05, 0) is 23.8 Å². The summed E-state index contributed by atoms with van der Waals surface area (Å²) in [5, 5.41) is 21.2. The maximum absolute atomic E-state index is 11.7. The molecule has 0 aliphatic heterocycles. The topological polar surface area (TPSA) is 82.4 Å². The van der Waals surface area contributed by atoms with Gasteiger partial charge in [-0.1, -0.05) is 17.7 Å². The van der Waals surface area contributed by atoms with Crippen LogP contribution in [0.4, 0.5) is 0 Å². The Morgan fingerprint density at radius 1 is 1.65 bits per heavy atom. The number of phenolic OH excluding ortho intramolecular Hbond substituents is 1. The largest absolute Gasteiger partial charge is 0.503 e. The zero-order chi connectivity index (χ0) is 15.1. The summed E-state index contributed by atoms with van der Waals surface area (Å²) in [5.41, 5.74) is 0.380. The molecule has 0 aromatic heterocycles. The third-order valence-electron chi connectivity index (χ3n) is 2.35. The quantitative estimate of drug-likeness (QED) is 0.495. The van der Waals surface area contributed by atoms with Crippen molar-refractivity contribution < 1.29 is 14.6 Å². The van der Waals surface area contributed by atoms with Crippen LogP contribution in [0.1, 0.15) is 5.56 Å². The van der Waals surface area contributed by atoms with Crippen LogP contribution in [-0.2, 0) is 4.79 Å². The van der Waals surface area contributed by atoms with Gasteiger partial charge in [-0.15, -0.1) is 6.58 Å². The number of nitriles is 1. The summed E-state index contributed by atoms with van der Waals surface area (Å²) in [5.74, 6) is -0.552. The Bertz CT molecular complexity index is 603. The fourth-order valence-electron chi connectivity index (χ4n) is 1.41. The average Bonchev–Trinajstić information content (AvgIpc) is 2.45. The van der Waals surface area contributed by atoms with E-state index in [9.17, 15) is 9.90 Å². The number of hydrogen-bond donors (Lipinski definition) is 2. The molecule has 0 heterocycles. The number of aromatic hydroxyl groups is 1. The van der Waals surface area contributed by atoms with Crippen molar-refractivity contribution in [2.45, 2.75) is 0 Å². The number of nitrogens with zero attached hydrogens (tertiary/aromatic N) is 1. The molecule has 0 atom stereocenters. The lowest BCUT2D eigenvalue weighted by molar-refractivity contribution is -0.116. The van der Waals surface area contributed by atoms with Crippen LogP contribution in [-0.4, -0.2) is 24.7 Å². The first-order valence-electron chi connectivity index (χ1n) is 5.60. The molecule has 1 aromatic rings. The average molecular weight is 293 g/mol. The molecule has 0 radical (unpaired) electrons. The molecule has 20 heavy (non-hydrogen) atoms. The van der Waals surface area contributed by atoms with E-state index < -0.39 is 5.91 Å². The van der Waals surface area contributed by atoms with E-state index in [1.54, 1.807) is 6.07 Å². The van der Waals surface area contributed by atoms with Gasteiger partial charge in [0.15, 0.2) is 11.5 Å². The number of methoxy groups -OCH3 is 1. The number of benzene rings is 1. The molecule has 1 aromatic carbocycles. The maximum Gasteiger partial charge on any atom is 0.262 e. The Balaban J connectivity index is 3.14. The molecule has 0 fully saturated rings. The van der Waals surface area contributed by atoms with Crippen molar-refractivity contribution in [2.75, 3.05) is 13.7 Å². The number of ether oxygens (including phenoxy) is 1. The standard InChI is InChI=1S/C14H13ClN2O3/c1-3-4-17-14(19)10(8-16)5-9-6-11(15)13(18)12(7-9)20-2/h3,5-7,18H,1,4H2,2H3,(H,17,19)/b10-5+. The predicted molar refractivity (Wildman–Crippen MR) is 76.5 cm³/mol. The normalized spacial score (nSPS) is 10.6. The van der Waals surface area contributed by atoms with Crippen LogP contribution in [0, 0.1) is 11.3 Å². The molecule has 1 rings (SSSR count). The minimum Gasteiger partial charge on any atom is -0.503 e. The predicted octanol–water partition coefficient (Wildman–Crippen LogP) is 2.26. The molecule has 0 aliphatic rings. The monoisotopic (exact) mass is 292 g/mol. The molecular weight excluding hydrogens is 280 g/mol. The van der Waals surface area contributed by atoms with E-state index in [4.69, 9.17) is 21.6 Å². The van der Waals surface area contributed by atoms with Gasteiger partial charge in [0.1, 0.15) is 11.6 Å². The van der Waals surface area contributed by atoms with E-state index in [0.717, 1.165) is 0 Å². The summed E-state index contributed by atoms with van der Waals surface area (Å²) < 4.78 is 4.95. The Kier molecular flexibility index (Phi) is 5.63. The highest BCUT2D eigenvalue weighted by molar-refractivity contribution is 6.32. The number of nitrogens with one attached hydrogen (secondary N) is 1. The molecule has 0 bridgehead atoms. The summed E-state index contributed by atoms with van der Waals surface area (Å²) >= 11 is 5.83. The molecule has 0 unspecified atom stereocenters. The van der Waals surface area contributed by atoms with Crippen molar-refractivity contribution in [1.82, 2.24) is 5.32 Å². The Hall–Kier alpha value is -2.45. The third kappa shape index (κ3) is 3.77. The van der Waals surface area contributed by atoms with Gasteiger partial charge in [0, 0.05) is 6.54 Å². The number of amides is 1. The number of phenols is 1. The van der Waals surface area contributed by atoms with Gasteiger partial charge in [-0.3, -0.25) is 4.79 Å². The van der Waals surface area contributed by atoms with Gasteiger partial charge in [0.2, 0.25) is 0 Å². The number of carbonyl (C=O) groups excluding carboxylic acids is 1. The Morgan fingerprint density at radius 3 is 2.90 bits per heavy atom. The highest BCUT2D eigenvalue weighted by Gasteiger charge is 2.11. The van der Waals surface area contributed by atoms with Crippen molar-refractivity contribution in [2.24, 2.45) is 0 Å². The van der Waals surface area contributed by atoms with Crippen LogP contribution >= 0.6 is 11.6 Å². The van der Waals surface area contributed by atoms with Gasteiger partial charge in [0.05, 0.1) is 12.1 Å². The lowest BCUT2D eigenvalue weighted by Gasteiger charge is -2.07. The zero-order valence-electron chi connectivity index (χ0n) is 10.8. The highest BCUT2D eigenvalue weighted by Crippen LogP contribution is 2.35. The minimum atomic E-state index is -0.518. The third-order valence-corrected chi connectivity index (χ3v) is 2.64. The SMILES string of the molecule is C=CCNC(=O)/C(C#N)=C/c1cc(Cl)c(O)c(OC)c1. The van der Waals surface area contributed by atoms with Gasteiger partial charge >= 0.3 is 0 Å². The molecule has 0 spiro atoms. The summed E-state index contributed by atoms with van der Waals surface area (Å²) in [6.45, 7) is 3.73. The van der Waals surface area contributed by atoms with Gasteiger partial charge in [-0.25, -0.2) is 0 Å². The van der Waals surface area contributed by atoms with Crippen molar-refractivity contribution in [1.29, 1.82) is 5.26 Å². The summed E-state index contributed by atoms with van der Waals surface area (Å²) in [6, 6.07) is 4.70. The van der Waals surface area contributed by atoms with E-state index >= 15 is 0 Å². The van der Waals surface area contributed by atoms with Crippen LogP contribution in [0.15, 0.2) is 30.4 Å². The number of hydrogen-bond acceptors (Lipinski definition) is 4. The van der Waals surface area contributed by atoms with Crippen LogP contribution in [0.2, 0.25) is 5.02 Å². The first-order chi connectivity index (χ1) is 9.53. The lowest BCUT2D eigenvalue weighted by Crippen LogP contribution is -2.24. The Labute approximate surface area is 121 Å². The van der Waals surface area contributed by atoms with Crippen molar-refractivity contribution in [3.05, 3.63) is 40.9 Å². The van der Waals surface area contributed by atoms with E-state index in [1.165, 1.54) is 31.4 Å². The molecule has 5 nitrogen and oxygen atoms in total. The maximum atomic E-state index is 11.7. The smallest absolute Gasteiger partial charge is 0.262 e. The van der Waals surface area contributed by atoms with E-state index in [1.807, 2.05) is 0 Å². The lowest BCUT2D eigenvalue weighted by atomic mass is 10.1. The van der Waals surface area contributed by atoms with Gasteiger partial charge in [0.25, 0.3) is 5.91 Å². The van der Waals surface area contributed by atoms with Crippen molar-refractivity contribution in [3.8, 4) is 17.6 Å². The molecule has 0 saturated carbocycles. The van der Waals surface area contributed by atoms with E-state index in [0.29, 0.717) is 5.56 Å². The second-order valence-corrected chi connectivity index (χ2v) is 4.13. The van der Waals surface area contributed by atoms with Crippen molar-refractivity contribution >= 4 is 23.6 Å². The summed E-state index contributed by atoms with van der Waals surface area (Å²) in [7, 11) is 1.38. The van der Waals surface area contributed by atoms with Crippen LogP contribution < -0.4 is 10.1 Å². The fourth-order valence-corrected chi connectivity index (χ4v) is 1.63. The number of halogens is 1. The molecule has 2 N–H and O–H groups in total. The Morgan fingerprint density at radius 2 is 2.35 bits per heavy atom. The van der Waals surface area contributed by atoms with Gasteiger partial charge in [-0.2, -0.15) is 5.26 Å². The summed E-state index contributed by atoms with van der Waals surface area (Å²) in [6.07, 6.45) is 2.86. The molecule has 104 valence electrons. The first-order valence-corrected chi connectivity index (χ1v) is 5.98.